The minimum atomic E-state index is -0.0154. The molecule has 174 valence electrons. The Morgan fingerprint density at radius 2 is 1.79 bits per heavy atom. The number of carbonyl (C=O) groups excluding carboxylic acids is 1. The van der Waals surface area contributed by atoms with Gasteiger partial charge in [-0.15, -0.1) is 0 Å². The Balaban J connectivity index is 1.71. The zero-order chi connectivity index (χ0) is 23.7. The number of halogens is 1. The Labute approximate surface area is 203 Å². The number of benzene rings is 1. The third-order valence-electron chi connectivity index (χ3n) is 6.59. The zero-order valence-corrected chi connectivity index (χ0v) is 20.0. The van der Waals surface area contributed by atoms with E-state index in [2.05, 4.69) is 37.3 Å². The molecule has 0 atom stereocenters. The Kier molecular flexibility index (Phi) is 6.11. The molecule has 3 aromatic heterocycles. The lowest BCUT2D eigenvalue weighted by Gasteiger charge is -2.32. The van der Waals surface area contributed by atoms with E-state index in [9.17, 15) is 4.79 Å². The number of hydrogen-bond donors (Lipinski definition) is 2. The van der Waals surface area contributed by atoms with Crippen LogP contribution in [0.3, 0.4) is 0 Å². The molecule has 4 heterocycles. The Morgan fingerprint density at radius 3 is 2.44 bits per heavy atom. The fourth-order valence-electron chi connectivity index (χ4n) is 4.93. The highest BCUT2D eigenvalue weighted by atomic mass is 35.5. The molecule has 1 aromatic carbocycles. The molecule has 0 unspecified atom stereocenters. The van der Waals surface area contributed by atoms with Gasteiger partial charge in [-0.1, -0.05) is 11.6 Å². The van der Waals surface area contributed by atoms with Crippen molar-refractivity contribution in [3.63, 3.8) is 0 Å². The van der Waals surface area contributed by atoms with E-state index >= 15 is 0 Å². The minimum Gasteiger partial charge on any atom is -0.373 e. The van der Waals surface area contributed by atoms with Crippen LogP contribution >= 0.6 is 11.6 Å². The van der Waals surface area contributed by atoms with Crippen molar-refractivity contribution in [3.8, 4) is 16.9 Å². The third-order valence-corrected chi connectivity index (χ3v) is 6.84. The summed E-state index contributed by atoms with van der Waals surface area (Å²) in [5.74, 6) is 1.12. The van der Waals surface area contributed by atoms with E-state index in [0.717, 1.165) is 54.2 Å². The minimum absolute atomic E-state index is 0.0154. The molecule has 2 amide bonds. The highest BCUT2D eigenvalue weighted by Crippen LogP contribution is 2.43. The van der Waals surface area contributed by atoms with Gasteiger partial charge in [-0.2, -0.15) is 0 Å². The van der Waals surface area contributed by atoms with Gasteiger partial charge in [0.25, 0.3) is 0 Å². The molecule has 34 heavy (non-hydrogen) atoms. The van der Waals surface area contributed by atoms with Gasteiger partial charge >= 0.3 is 6.03 Å². The molecule has 1 fully saturated rings. The molecular formula is C26H27ClN6O. The Morgan fingerprint density at radius 1 is 1.03 bits per heavy atom. The van der Waals surface area contributed by atoms with Crippen LogP contribution in [-0.2, 0) is 0 Å². The molecule has 7 nitrogen and oxygen atoms in total. The Bertz CT molecular complexity index is 1310. The monoisotopic (exact) mass is 474 g/mol. The van der Waals surface area contributed by atoms with Crippen LogP contribution in [0.15, 0.2) is 61.1 Å². The van der Waals surface area contributed by atoms with E-state index in [-0.39, 0.29) is 6.03 Å². The number of hydrogen-bond acceptors (Lipinski definition) is 4. The average molecular weight is 475 g/mol. The number of nitrogens with one attached hydrogen (secondary N) is 2. The van der Waals surface area contributed by atoms with Crippen molar-refractivity contribution >= 4 is 34.4 Å². The van der Waals surface area contributed by atoms with Gasteiger partial charge in [-0.3, -0.25) is 4.98 Å². The average Bonchev–Trinajstić information content (AvgIpc) is 3.24. The van der Waals surface area contributed by atoms with Crippen LogP contribution in [-0.4, -0.2) is 52.7 Å². The van der Waals surface area contributed by atoms with Crippen molar-refractivity contribution in [2.45, 2.75) is 18.8 Å². The molecule has 1 saturated heterocycles. The first-order valence-corrected chi connectivity index (χ1v) is 11.8. The normalized spacial score (nSPS) is 14.4. The SMILES string of the molecule is CNC(=O)N1CCC(c2c(-c3ccc(NC)nc3)n(-c3ccc(Cl)cc3)c3cnccc23)CC1. The maximum absolute atomic E-state index is 12.2. The lowest BCUT2D eigenvalue weighted by molar-refractivity contribution is 0.184. The summed E-state index contributed by atoms with van der Waals surface area (Å²) in [6, 6.07) is 14.1. The van der Waals surface area contributed by atoms with Crippen molar-refractivity contribution in [2.24, 2.45) is 0 Å². The molecule has 0 radical (unpaired) electrons. The summed E-state index contributed by atoms with van der Waals surface area (Å²) in [4.78, 5) is 23.1. The van der Waals surface area contributed by atoms with Crippen LogP contribution < -0.4 is 10.6 Å². The van der Waals surface area contributed by atoms with Gasteiger partial charge < -0.3 is 20.1 Å². The van der Waals surface area contributed by atoms with E-state index in [0.29, 0.717) is 10.9 Å². The lowest BCUT2D eigenvalue weighted by atomic mass is 9.86. The largest absolute Gasteiger partial charge is 0.373 e. The molecule has 0 bridgehead atoms. The molecule has 0 spiro atoms. The van der Waals surface area contributed by atoms with Crippen LogP contribution in [0.5, 0.6) is 0 Å². The summed E-state index contributed by atoms with van der Waals surface area (Å²) < 4.78 is 2.26. The maximum Gasteiger partial charge on any atom is 0.317 e. The van der Waals surface area contributed by atoms with Gasteiger partial charge in [-0.05, 0) is 66.8 Å². The smallest absolute Gasteiger partial charge is 0.317 e. The van der Waals surface area contributed by atoms with Gasteiger partial charge in [0.05, 0.1) is 17.4 Å². The van der Waals surface area contributed by atoms with Gasteiger partial charge in [0.1, 0.15) is 5.82 Å². The van der Waals surface area contributed by atoms with Gasteiger partial charge in [-0.25, -0.2) is 9.78 Å². The van der Waals surface area contributed by atoms with Crippen LogP contribution in [0.25, 0.3) is 27.8 Å². The summed E-state index contributed by atoms with van der Waals surface area (Å²) in [6.07, 6.45) is 7.48. The predicted molar refractivity (Wildman–Crippen MR) is 137 cm³/mol. The first kappa shape index (κ1) is 22.2. The van der Waals surface area contributed by atoms with E-state index in [1.54, 1.807) is 7.05 Å². The van der Waals surface area contributed by atoms with Gasteiger partial charge in [0, 0.05) is 61.2 Å². The fourth-order valence-corrected chi connectivity index (χ4v) is 5.05. The van der Waals surface area contributed by atoms with E-state index in [1.807, 2.05) is 60.9 Å². The second-order valence-electron chi connectivity index (χ2n) is 8.47. The number of likely N-dealkylation sites (tertiary alicyclic amines) is 1. The Hall–Kier alpha value is -3.58. The second-order valence-corrected chi connectivity index (χ2v) is 8.90. The van der Waals surface area contributed by atoms with Crippen LogP contribution in [0.1, 0.15) is 24.3 Å². The number of piperidine rings is 1. The van der Waals surface area contributed by atoms with Gasteiger partial charge in [0.15, 0.2) is 0 Å². The van der Waals surface area contributed by atoms with Crippen molar-refractivity contribution in [2.75, 3.05) is 32.5 Å². The van der Waals surface area contributed by atoms with E-state index in [1.165, 1.54) is 10.9 Å². The predicted octanol–water partition coefficient (Wildman–Crippen LogP) is 5.30. The second kappa shape index (κ2) is 9.35. The van der Waals surface area contributed by atoms with Crippen molar-refractivity contribution < 1.29 is 4.79 Å². The summed E-state index contributed by atoms with van der Waals surface area (Å²) in [5.41, 5.74) is 5.49. The molecule has 1 aliphatic rings. The summed E-state index contributed by atoms with van der Waals surface area (Å²) in [5, 5.41) is 7.72. The maximum atomic E-state index is 12.2. The highest BCUT2D eigenvalue weighted by molar-refractivity contribution is 6.30. The third kappa shape index (κ3) is 3.96. The first-order chi connectivity index (χ1) is 16.6. The topological polar surface area (TPSA) is 75.1 Å². The quantitative estimate of drug-likeness (QED) is 0.420. The molecule has 4 aromatic rings. The van der Waals surface area contributed by atoms with Gasteiger partial charge in [0.2, 0.25) is 0 Å². The number of amides is 2. The number of fused-ring (bicyclic) bond motifs is 1. The molecular weight excluding hydrogens is 448 g/mol. The number of carbonyl (C=O) groups is 1. The number of urea groups is 1. The molecule has 0 saturated carbocycles. The summed E-state index contributed by atoms with van der Waals surface area (Å²) >= 11 is 6.21. The zero-order valence-electron chi connectivity index (χ0n) is 19.3. The van der Waals surface area contributed by atoms with Crippen molar-refractivity contribution in [1.29, 1.82) is 0 Å². The summed E-state index contributed by atoms with van der Waals surface area (Å²) in [6.45, 7) is 1.44. The van der Waals surface area contributed by atoms with Crippen molar-refractivity contribution in [3.05, 3.63) is 71.6 Å². The number of aromatic nitrogens is 3. The number of nitrogens with zero attached hydrogens (tertiary/aromatic N) is 4. The first-order valence-electron chi connectivity index (χ1n) is 11.5. The fraction of sp³-hybridized carbons (Fsp3) is 0.269. The van der Waals surface area contributed by atoms with Crippen molar-refractivity contribution in [1.82, 2.24) is 24.8 Å². The van der Waals surface area contributed by atoms with E-state index < -0.39 is 0 Å². The molecule has 1 aliphatic heterocycles. The summed E-state index contributed by atoms with van der Waals surface area (Å²) in [7, 11) is 3.55. The molecule has 5 rings (SSSR count). The van der Waals surface area contributed by atoms with E-state index in [4.69, 9.17) is 11.6 Å². The van der Waals surface area contributed by atoms with Crippen LogP contribution in [0.4, 0.5) is 10.6 Å². The number of pyridine rings is 2. The highest BCUT2D eigenvalue weighted by Gasteiger charge is 2.30. The number of rotatable bonds is 4. The molecule has 8 heteroatoms. The molecule has 2 N–H and O–H groups in total. The van der Waals surface area contributed by atoms with Crippen LogP contribution in [0, 0.1) is 0 Å². The lowest BCUT2D eigenvalue weighted by Crippen LogP contribution is -2.42. The molecule has 0 aliphatic carbocycles. The number of anilines is 1. The van der Waals surface area contributed by atoms with Crippen LogP contribution in [0.2, 0.25) is 5.02 Å². The standard InChI is InChI=1S/C26H27ClN6O/c1-28-23-8-3-18(15-31-23)25-24(17-10-13-32(14-11-17)26(34)29-2)21-9-12-30-16-22(21)33(25)20-6-4-19(27)5-7-20/h3-9,12,15-17H,10-11,13-14H2,1-2H3,(H,28,31)(H,29,34).